The number of aromatic nitrogens is 3. The maximum absolute atomic E-state index is 13.0. The molecule has 0 aliphatic rings. The van der Waals surface area contributed by atoms with E-state index >= 15 is 0 Å². The van der Waals surface area contributed by atoms with Gasteiger partial charge in [-0.15, -0.1) is 0 Å². The van der Waals surface area contributed by atoms with E-state index in [0.29, 0.717) is 28.0 Å². The molecule has 1 aromatic carbocycles. The monoisotopic (exact) mass is 386 g/mol. The van der Waals surface area contributed by atoms with Crippen molar-refractivity contribution in [1.82, 2.24) is 14.8 Å². The topological polar surface area (TPSA) is 93.9 Å². The van der Waals surface area contributed by atoms with E-state index in [2.05, 4.69) is 15.4 Å². The molecular weight excluding hydrogens is 364 g/mol. The summed E-state index contributed by atoms with van der Waals surface area (Å²) in [5.74, 6) is -0.184. The van der Waals surface area contributed by atoms with Gasteiger partial charge >= 0.3 is 0 Å². The van der Waals surface area contributed by atoms with Gasteiger partial charge in [-0.3, -0.25) is 9.48 Å². The van der Waals surface area contributed by atoms with Crippen molar-refractivity contribution >= 4 is 32.5 Å². The van der Waals surface area contributed by atoms with Crippen LogP contribution in [0.5, 0.6) is 0 Å². The first kappa shape index (κ1) is 19.0. The number of nitrogens with zero attached hydrogens (tertiary/aromatic N) is 3. The standard InChI is InChI=1S/C19H22N4O3S/c1-11(2)16-10-15(17-12(3)22-23(4)18(17)21-16)19(24)20-13-7-6-8-14(9-13)27(5,25)26/h6-11H,1-5H3,(H,20,24). The normalized spacial score (nSPS) is 11.9. The molecule has 0 fully saturated rings. The van der Waals surface area contributed by atoms with E-state index in [1.54, 1.807) is 29.9 Å². The number of carbonyl (C=O) groups excluding carboxylic acids is 1. The van der Waals surface area contributed by atoms with Gasteiger partial charge in [-0.2, -0.15) is 5.10 Å². The van der Waals surface area contributed by atoms with E-state index in [1.807, 2.05) is 20.8 Å². The number of amides is 1. The Bertz CT molecular complexity index is 1150. The van der Waals surface area contributed by atoms with Gasteiger partial charge in [0.25, 0.3) is 5.91 Å². The van der Waals surface area contributed by atoms with E-state index in [1.165, 1.54) is 12.1 Å². The van der Waals surface area contributed by atoms with Crippen LogP contribution in [0.15, 0.2) is 35.2 Å². The van der Waals surface area contributed by atoms with Gasteiger partial charge in [-0.1, -0.05) is 19.9 Å². The largest absolute Gasteiger partial charge is 0.322 e. The van der Waals surface area contributed by atoms with Crippen LogP contribution in [0.2, 0.25) is 0 Å². The molecule has 1 amide bonds. The molecule has 0 atom stereocenters. The van der Waals surface area contributed by atoms with Crippen molar-refractivity contribution in [3.05, 3.63) is 47.3 Å². The Morgan fingerprint density at radius 1 is 1.22 bits per heavy atom. The Morgan fingerprint density at radius 3 is 2.56 bits per heavy atom. The summed E-state index contributed by atoms with van der Waals surface area (Å²) in [4.78, 5) is 17.8. The second-order valence-electron chi connectivity index (χ2n) is 6.91. The molecule has 8 heteroatoms. The number of sulfone groups is 1. The smallest absolute Gasteiger partial charge is 0.256 e. The molecule has 7 nitrogen and oxygen atoms in total. The quantitative estimate of drug-likeness (QED) is 0.744. The molecule has 3 aromatic rings. The molecule has 0 saturated heterocycles. The molecule has 3 rings (SSSR count). The number of pyridine rings is 1. The first-order chi connectivity index (χ1) is 12.6. The highest BCUT2D eigenvalue weighted by molar-refractivity contribution is 7.90. The molecule has 27 heavy (non-hydrogen) atoms. The second-order valence-corrected chi connectivity index (χ2v) is 8.93. The Balaban J connectivity index is 2.08. The maximum atomic E-state index is 13.0. The molecule has 0 aliphatic heterocycles. The van der Waals surface area contributed by atoms with Crippen molar-refractivity contribution in [3.8, 4) is 0 Å². The van der Waals surface area contributed by atoms with Crippen LogP contribution in [0.1, 0.15) is 41.5 Å². The number of aryl methyl sites for hydroxylation is 2. The van der Waals surface area contributed by atoms with Crippen LogP contribution in [0.25, 0.3) is 11.0 Å². The van der Waals surface area contributed by atoms with Crippen molar-refractivity contribution in [2.24, 2.45) is 7.05 Å². The third-order valence-electron chi connectivity index (χ3n) is 4.34. The molecule has 1 N–H and O–H groups in total. The lowest BCUT2D eigenvalue weighted by molar-refractivity contribution is 0.102. The maximum Gasteiger partial charge on any atom is 0.256 e. The number of rotatable bonds is 4. The predicted octanol–water partition coefficient (Wildman–Crippen LogP) is 3.06. The molecule has 0 spiro atoms. The SMILES string of the molecule is Cc1nn(C)c2nc(C(C)C)cc(C(=O)Nc3cccc(S(C)(=O)=O)c3)c12. The lowest BCUT2D eigenvalue weighted by Crippen LogP contribution is -2.14. The van der Waals surface area contributed by atoms with Gasteiger partial charge < -0.3 is 5.32 Å². The van der Waals surface area contributed by atoms with Crippen LogP contribution in [0.4, 0.5) is 5.69 Å². The third kappa shape index (κ3) is 3.71. The minimum atomic E-state index is -3.36. The Kier molecular flexibility index (Phi) is 4.77. The summed E-state index contributed by atoms with van der Waals surface area (Å²) in [5.41, 5.74) is 3.04. The van der Waals surface area contributed by atoms with Crippen molar-refractivity contribution in [2.75, 3.05) is 11.6 Å². The Labute approximate surface area is 158 Å². The first-order valence-electron chi connectivity index (χ1n) is 8.53. The summed E-state index contributed by atoms with van der Waals surface area (Å²) >= 11 is 0. The van der Waals surface area contributed by atoms with E-state index in [0.717, 1.165) is 11.9 Å². The van der Waals surface area contributed by atoms with Crippen LogP contribution in [-0.4, -0.2) is 35.3 Å². The van der Waals surface area contributed by atoms with Crippen LogP contribution < -0.4 is 5.32 Å². The van der Waals surface area contributed by atoms with Gasteiger partial charge in [-0.25, -0.2) is 13.4 Å². The predicted molar refractivity (Wildman–Crippen MR) is 105 cm³/mol. The van der Waals surface area contributed by atoms with Gasteiger partial charge in [0.2, 0.25) is 0 Å². The van der Waals surface area contributed by atoms with Gasteiger partial charge in [0.15, 0.2) is 15.5 Å². The highest BCUT2D eigenvalue weighted by atomic mass is 32.2. The van der Waals surface area contributed by atoms with Crippen LogP contribution in [0, 0.1) is 6.92 Å². The molecule has 2 heterocycles. The molecule has 0 saturated carbocycles. The number of fused-ring (bicyclic) bond motifs is 1. The van der Waals surface area contributed by atoms with Gasteiger partial charge in [-0.05, 0) is 37.1 Å². The number of anilines is 1. The fraction of sp³-hybridized carbons (Fsp3) is 0.316. The number of hydrogen-bond acceptors (Lipinski definition) is 5. The van der Waals surface area contributed by atoms with Crippen molar-refractivity contribution in [3.63, 3.8) is 0 Å². The molecule has 142 valence electrons. The highest BCUT2D eigenvalue weighted by Gasteiger charge is 2.20. The molecule has 0 aliphatic carbocycles. The van der Waals surface area contributed by atoms with E-state index in [4.69, 9.17) is 0 Å². The summed E-state index contributed by atoms with van der Waals surface area (Å²) in [6.07, 6.45) is 1.13. The molecule has 0 bridgehead atoms. The first-order valence-corrected chi connectivity index (χ1v) is 10.4. The van der Waals surface area contributed by atoms with Crippen molar-refractivity contribution in [2.45, 2.75) is 31.6 Å². The van der Waals surface area contributed by atoms with E-state index in [9.17, 15) is 13.2 Å². The lowest BCUT2D eigenvalue weighted by Gasteiger charge is -2.11. The van der Waals surface area contributed by atoms with Crippen molar-refractivity contribution in [1.29, 1.82) is 0 Å². The minimum Gasteiger partial charge on any atom is -0.322 e. The zero-order valence-corrected chi connectivity index (χ0v) is 16.8. The molecule has 0 unspecified atom stereocenters. The summed E-state index contributed by atoms with van der Waals surface area (Å²) in [6.45, 7) is 5.85. The summed E-state index contributed by atoms with van der Waals surface area (Å²) in [5, 5.41) is 7.87. The molecule has 0 radical (unpaired) electrons. The molecule has 2 aromatic heterocycles. The van der Waals surface area contributed by atoms with Crippen LogP contribution >= 0.6 is 0 Å². The number of carbonyl (C=O) groups is 1. The Hall–Kier alpha value is -2.74. The Morgan fingerprint density at radius 2 is 1.93 bits per heavy atom. The second kappa shape index (κ2) is 6.77. The minimum absolute atomic E-state index is 0.143. The zero-order chi connectivity index (χ0) is 19.9. The van der Waals surface area contributed by atoms with E-state index < -0.39 is 9.84 Å². The van der Waals surface area contributed by atoms with Gasteiger partial charge in [0, 0.05) is 24.7 Å². The van der Waals surface area contributed by atoms with Gasteiger partial charge in [0.1, 0.15) is 0 Å². The number of hydrogen-bond donors (Lipinski definition) is 1. The van der Waals surface area contributed by atoms with E-state index in [-0.39, 0.29) is 16.7 Å². The zero-order valence-electron chi connectivity index (χ0n) is 15.9. The average Bonchev–Trinajstić information content (AvgIpc) is 2.88. The average molecular weight is 386 g/mol. The third-order valence-corrected chi connectivity index (χ3v) is 5.45. The summed E-state index contributed by atoms with van der Waals surface area (Å²) < 4.78 is 25.2. The lowest BCUT2D eigenvalue weighted by atomic mass is 10.0. The number of benzene rings is 1. The molecular formula is C19H22N4O3S. The van der Waals surface area contributed by atoms with Gasteiger partial charge in [0.05, 0.1) is 21.5 Å². The summed E-state index contributed by atoms with van der Waals surface area (Å²) in [6, 6.07) is 7.98. The summed E-state index contributed by atoms with van der Waals surface area (Å²) in [7, 11) is -1.56. The fourth-order valence-corrected chi connectivity index (χ4v) is 3.61. The van der Waals surface area contributed by atoms with Crippen LogP contribution in [0.3, 0.4) is 0 Å². The van der Waals surface area contributed by atoms with Crippen LogP contribution in [-0.2, 0) is 16.9 Å². The van der Waals surface area contributed by atoms with Crippen molar-refractivity contribution < 1.29 is 13.2 Å². The number of nitrogens with one attached hydrogen (secondary N) is 1. The fourth-order valence-electron chi connectivity index (χ4n) is 2.94. The highest BCUT2D eigenvalue weighted by Crippen LogP contribution is 2.26.